The van der Waals surface area contributed by atoms with E-state index in [2.05, 4.69) is 0 Å². The summed E-state index contributed by atoms with van der Waals surface area (Å²) in [4.78, 5) is 30.8. The lowest BCUT2D eigenvalue weighted by atomic mass is 10.00. The van der Waals surface area contributed by atoms with Crippen molar-refractivity contribution in [3.05, 3.63) is 64.7 Å². The van der Waals surface area contributed by atoms with Crippen molar-refractivity contribution in [1.29, 1.82) is 0 Å². The second-order valence-corrected chi connectivity index (χ2v) is 7.36. The van der Waals surface area contributed by atoms with Gasteiger partial charge in [0, 0.05) is 22.7 Å². The van der Waals surface area contributed by atoms with Crippen LogP contribution in [0.2, 0.25) is 5.02 Å². The van der Waals surface area contributed by atoms with Gasteiger partial charge in [0.25, 0.3) is 5.91 Å². The summed E-state index contributed by atoms with van der Waals surface area (Å²) in [6, 6.07) is 14.6. The first kappa shape index (κ1) is 17.7. The van der Waals surface area contributed by atoms with Crippen LogP contribution >= 0.6 is 11.6 Å². The zero-order valence-electron chi connectivity index (χ0n) is 14.6. The number of amides is 1. The zero-order chi connectivity index (χ0) is 19.0. The monoisotopic (exact) mass is 382 g/mol. The number of carbonyl (C=O) groups excluding carboxylic acids is 1. The fourth-order valence-electron chi connectivity index (χ4n) is 3.46. The molecule has 0 radical (unpaired) electrons. The molecule has 2 aliphatic rings. The second-order valence-electron chi connectivity index (χ2n) is 6.92. The third-order valence-electron chi connectivity index (χ3n) is 4.96. The van der Waals surface area contributed by atoms with Crippen molar-refractivity contribution in [2.75, 3.05) is 11.4 Å². The van der Waals surface area contributed by atoms with E-state index in [0.29, 0.717) is 10.7 Å². The van der Waals surface area contributed by atoms with Gasteiger partial charge in [0.1, 0.15) is 6.04 Å². The van der Waals surface area contributed by atoms with E-state index >= 15 is 0 Å². The first-order chi connectivity index (χ1) is 13.0. The van der Waals surface area contributed by atoms with E-state index in [1.807, 2.05) is 30.3 Å². The van der Waals surface area contributed by atoms with Crippen LogP contribution in [0.1, 0.15) is 30.4 Å². The summed E-state index contributed by atoms with van der Waals surface area (Å²) in [7, 11) is 0. The lowest BCUT2D eigenvalue weighted by Gasteiger charge is -2.24. The summed E-state index contributed by atoms with van der Waals surface area (Å²) in [6.45, 7) is 0.115. The Hall–Kier alpha value is -2.66. The van der Waals surface area contributed by atoms with E-state index in [9.17, 15) is 9.59 Å². The molecule has 1 saturated carbocycles. The van der Waals surface area contributed by atoms with Gasteiger partial charge in [-0.1, -0.05) is 41.9 Å². The summed E-state index contributed by atoms with van der Waals surface area (Å²) in [5.74, 6) is -0.851. The van der Waals surface area contributed by atoms with Gasteiger partial charge < -0.3 is 10.0 Å². The molecule has 138 valence electrons. The number of aliphatic carboxylic acids is 1. The van der Waals surface area contributed by atoms with Crippen LogP contribution in [-0.2, 0) is 9.59 Å². The Balaban J connectivity index is 1.88. The van der Waals surface area contributed by atoms with Crippen molar-refractivity contribution in [2.45, 2.75) is 25.3 Å². The summed E-state index contributed by atoms with van der Waals surface area (Å²) in [5, 5.41) is 9.67. The lowest BCUT2D eigenvalue weighted by Crippen LogP contribution is -2.40. The fourth-order valence-corrected chi connectivity index (χ4v) is 3.63. The summed E-state index contributed by atoms with van der Waals surface area (Å²) in [5.41, 5.74) is 3.07. The van der Waals surface area contributed by atoms with E-state index in [1.165, 1.54) is 0 Å². The van der Waals surface area contributed by atoms with Crippen molar-refractivity contribution in [2.24, 2.45) is 10.9 Å². The first-order valence-corrected chi connectivity index (χ1v) is 9.38. The average Bonchev–Trinajstić information content (AvgIpc) is 3.49. The van der Waals surface area contributed by atoms with E-state index in [0.717, 1.165) is 29.7 Å². The number of aliphatic imine (C=N–C) groups is 1. The molecule has 5 nitrogen and oxygen atoms in total. The molecule has 2 aromatic carbocycles. The molecule has 27 heavy (non-hydrogen) atoms. The van der Waals surface area contributed by atoms with Crippen LogP contribution < -0.4 is 4.90 Å². The molecular weight excluding hydrogens is 364 g/mol. The Labute approximate surface area is 162 Å². The normalized spacial score (nSPS) is 19.3. The Morgan fingerprint density at radius 3 is 2.59 bits per heavy atom. The minimum Gasteiger partial charge on any atom is -0.481 e. The van der Waals surface area contributed by atoms with Crippen LogP contribution in [0.25, 0.3) is 0 Å². The number of nitrogens with zero attached hydrogens (tertiary/aromatic N) is 2. The van der Waals surface area contributed by atoms with Crippen molar-refractivity contribution in [1.82, 2.24) is 0 Å². The molecule has 1 N–H and O–H groups in total. The van der Waals surface area contributed by atoms with Gasteiger partial charge in [0.15, 0.2) is 0 Å². The molecule has 4 rings (SSSR count). The van der Waals surface area contributed by atoms with Gasteiger partial charge >= 0.3 is 5.97 Å². The number of carboxylic acids is 1. The molecule has 0 bridgehead atoms. The Morgan fingerprint density at radius 1 is 1.19 bits per heavy atom. The molecular formula is C21H19ClN2O3. The minimum atomic E-state index is -0.935. The van der Waals surface area contributed by atoms with Crippen molar-refractivity contribution >= 4 is 34.9 Å². The summed E-state index contributed by atoms with van der Waals surface area (Å²) in [6.07, 6.45) is 1.81. The molecule has 1 unspecified atom stereocenters. The quantitative estimate of drug-likeness (QED) is 0.855. The van der Waals surface area contributed by atoms with Crippen molar-refractivity contribution in [3.8, 4) is 0 Å². The van der Waals surface area contributed by atoms with Gasteiger partial charge in [0.2, 0.25) is 0 Å². The van der Waals surface area contributed by atoms with Crippen LogP contribution in [-0.4, -0.2) is 35.3 Å². The molecule has 6 heteroatoms. The molecule has 0 aromatic heterocycles. The number of hydrogen-bond donors (Lipinski definition) is 1. The molecule has 1 heterocycles. The van der Waals surface area contributed by atoms with Crippen LogP contribution in [0, 0.1) is 5.92 Å². The highest BCUT2D eigenvalue weighted by Gasteiger charge is 2.41. The SMILES string of the molecule is O=C(O)CCN1C(=O)C(C2CC2)N=C(c2ccccc2)c2cc(Cl)ccc21. The van der Waals surface area contributed by atoms with E-state index < -0.39 is 12.0 Å². The molecule has 0 spiro atoms. The number of anilines is 1. The predicted octanol–water partition coefficient (Wildman–Crippen LogP) is 3.78. The Kier molecular flexibility index (Phi) is 4.70. The summed E-state index contributed by atoms with van der Waals surface area (Å²) < 4.78 is 0. The fraction of sp³-hybridized carbons (Fsp3) is 0.286. The number of hydrogen-bond acceptors (Lipinski definition) is 3. The topological polar surface area (TPSA) is 70.0 Å². The molecule has 1 atom stereocenters. The van der Waals surface area contributed by atoms with E-state index in [-0.39, 0.29) is 24.8 Å². The molecule has 1 aliphatic carbocycles. The zero-order valence-corrected chi connectivity index (χ0v) is 15.4. The number of halogens is 1. The molecule has 2 aromatic rings. The molecule has 1 amide bonds. The maximum Gasteiger partial charge on any atom is 0.305 e. The van der Waals surface area contributed by atoms with Crippen LogP contribution in [0.15, 0.2) is 53.5 Å². The third kappa shape index (κ3) is 3.60. The largest absolute Gasteiger partial charge is 0.481 e. The van der Waals surface area contributed by atoms with Gasteiger partial charge in [0.05, 0.1) is 17.8 Å². The minimum absolute atomic E-state index is 0.115. The number of carboxylic acid groups (broad SMARTS) is 1. The Bertz CT molecular complexity index is 922. The molecule has 1 aliphatic heterocycles. The predicted molar refractivity (Wildman–Crippen MR) is 105 cm³/mol. The number of rotatable bonds is 5. The van der Waals surface area contributed by atoms with Gasteiger partial charge in [-0.2, -0.15) is 0 Å². The number of carbonyl (C=O) groups is 2. The number of benzodiazepines with no additional fused rings is 1. The van der Waals surface area contributed by atoms with Crippen molar-refractivity contribution < 1.29 is 14.7 Å². The summed E-state index contributed by atoms with van der Waals surface area (Å²) >= 11 is 6.25. The lowest BCUT2D eigenvalue weighted by molar-refractivity contribution is -0.136. The van der Waals surface area contributed by atoms with Crippen molar-refractivity contribution in [3.63, 3.8) is 0 Å². The first-order valence-electron chi connectivity index (χ1n) is 9.01. The second kappa shape index (κ2) is 7.16. The third-order valence-corrected chi connectivity index (χ3v) is 5.19. The standard InChI is InChI=1S/C21H19ClN2O3/c22-15-8-9-17-16(12-15)19(13-4-2-1-3-5-13)23-20(14-6-7-14)21(27)24(17)11-10-18(25)26/h1-5,8-9,12,14,20H,6-7,10-11H2,(H,25,26). The Morgan fingerprint density at radius 2 is 1.93 bits per heavy atom. The average molecular weight is 383 g/mol. The molecule has 1 fully saturated rings. The van der Waals surface area contributed by atoms with Gasteiger partial charge in [-0.15, -0.1) is 0 Å². The van der Waals surface area contributed by atoms with Gasteiger partial charge in [-0.3, -0.25) is 14.6 Å². The van der Waals surface area contributed by atoms with Gasteiger partial charge in [-0.05, 0) is 37.0 Å². The highest BCUT2D eigenvalue weighted by molar-refractivity contribution is 6.32. The maximum atomic E-state index is 13.3. The van der Waals surface area contributed by atoms with E-state index in [1.54, 1.807) is 23.1 Å². The van der Waals surface area contributed by atoms with E-state index in [4.69, 9.17) is 21.7 Å². The maximum absolute atomic E-state index is 13.3. The smallest absolute Gasteiger partial charge is 0.305 e. The van der Waals surface area contributed by atoms with Crippen LogP contribution in [0.5, 0.6) is 0 Å². The number of benzene rings is 2. The highest BCUT2D eigenvalue weighted by atomic mass is 35.5. The number of fused-ring (bicyclic) bond motifs is 1. The molecule has 0 saturated heterocycles. The van der Waals surface area contributed by atoms with Gasteiger partial charge in [-0.25, -0.2) is 0 Å². The highest BCUT2D eigenvalue weighted by Crippen LogP contribution is 2.39. The van der Waals surface area contributed by atoms with Crippen LogP contribution in [0.3, 0.4) is 0 Å². The van der Waals surface area contributed by atoms with Crippen LogP contribution in [0.4, 0.5) is 5.69 Å².